The van der Waals surface area contributed by atoms with E-state index in [1.165, 1.54) is 5.56 Å². The molecule has 4 heteroatoms. The Labute approximate surface area is 116 Å². The molecule has 2 heterocycles. The Morgan fingerprint density at radius 2 is 2.16 bits per heavy atom. The van der Waals surface area contributed by atoms with Crippen LogP contribution in [0.25, 0.3) is 0 Å². The molecule has 0 spiro atoms. The first kappa shape index (κ1) is 12.4. The summed E-state index contributed by atoms with van der Waals surface area (Å²) in [6, 6.07) is 8.14. The molecule has 3 nitrogen and oxygen atoms in total. The van der Waals surface area contributed by atoms with Gasteiger partial charge in [0.15, 0.2) is 0 Å². The van der Waals surface area contributed by atoms with Crippen molar-refractivity contribution in [2.75, 3.05) is 11.4 Å². The van der Waals surface area contributed by atoms with Gasteiger partial charge in [-0.15, -0.1) is 11.3 Å². The van der Waals surface area contributed by atoms with Gasteiger partial charge >= 0.3 is 0 Å². The molecule has 1 aliphatic heterocycles. The second kappa shape index (κ2) is 4.78. The third-order valence-electron chi connectivity index (χ3n) is 3.51. The summed E-state index contributed by atoms with van der Waals surface area (Å²) in [6.07, 6.45) is 1.36. The van der Waals surface area contributed by atoms with Crippen LogP contribution < -0.4 is 4.90 Å². The van der Waals surface area contributed by atoms with E-state index in [4.69, 9.17) is 0 Å². The highest BCUT2D eigenvalue weighted by Gasteiger charge is 2.25. The lowest BCUT2D eigenvalue weighted by molar-refractivity contribution is -0.117. The van der Waals surface area contributed by atoms with Gasteiger partial charge < -0.3 is 4.90 Å². The first-order valence-electron chi connectivity index (χ1n) is 6.46. The number of rotatable bonds is 2. The molecule has 1 aromatic carbocycles. The van der Waals surface area contributed by atoms with Gasteiger partial charge in [0, 0.05) is 17.1 Å². The summed E-state index contributed by atoms with van der Waals surface area (Å²) in [5.74, 6) is 0.151. The number of nitrogens with zero attached hydrogens (tertiary/aromatic N) is 2. The Balaban J connectivity index is 1.81. The van der Waals surface area contributed by atoms with Crippen molar-refractivity contribution in [2.24, 2.45) is 0 Å². The van der Waals surface area contributed by atoms with Gasteiger partial charge in [-0.1, -0.05) is 18.2 Å². The number of hydrogen-bond acceptors (Lipinski definition) is 3. The van der Waals surface area contributed by atoms with Crippen molar-refractivity contribution < 1.29 is 4.79 Å². The SMILES string of the molecule is Cc1nc(CC(=O)N2CCc3ccccc32)c(C)s1. The summed E-state index contributed by atoms with van der Waals surface area (Å²) >= 11 is 1.66. The van der Waals surface area contributed by atoms with E-state index in [2.05, 4.69) is 11.1 Å². The summed E-state index contributed by atoms with van der Waals surface area (Å²) in [4.78, 5) is 19.9. The fourth-order valence-corrected chi connectivity index (χ4v) is 3.41. The van der Waals surface area contributed by atoms with Crippen molar-refractivity contribution in [3.63, 3.8) is 0 Å². The molecule has 2 aromatic rings. The van der Waals surface area contributed by atoms with Crippen molar-refractivity contribution >= 4 is 22.9 Å². The fourth-order valence-electron chi connectivity index (χ4n) is 2.57. The van der Waals surface area contributed by atoms with Crippen LogP contribution in [0.2, 0.25) is 0 Å². The van der Waals surface area contributed by atoms with Crippen molar-refractivity contribution in [3.8, 4) is 0 Å². The first-order chi connectivity index (χ1) is 9.15. The van der Waals surface area contributed by atoms with Gasteiger partial charge in [0.05, 0.1) is 17.1 Å². The van der Waals surface area contributed by atoms with E-state index in [9.17, 15) is 4.79 Å². The molecule has 0 unspecified atom stereocenters. The second-order valence-corrected chi connectivity index (χ2v) is 6.24. The minimum absolute atomic E-state index is 0.151. The predicted octanol–water partition coefficient (Wildman–Crippen LogP) is 2.89. The average molecular weight is 272 g/mol. The molecule has 1 aliphatic rings. The zero-order valence-electron chi connectivity index (χ0n) is 11.1. The number of carbonyl (C=O) groups excluding carboxylic acids is 1. The lowest BCUT2D eigenvalue weighted by atomic mass is 10.2. The van der Waals surface area contributed by atoms with E-state index in [1.54, 1.807) is 11.3 Å². The number of fused-ring (bicyclic) bond motifs is 1. The third kappa shape index (κ3) is 2.28. The second-order valence-electron chi connectivity index (χ2n) is 4.84. The van der Waals surface area contributed by atoms with Crippen LogP contribution in [0.4, 0.5) is 5.69 Å². The molecular formula is C15H16N2OS. The quantitative estimate of drug-likeness (QED) is 0.842. The Bertz CT molecular complexity index is 633. The van der Waals surface area contributed by atoms with Gasteiger partial charge in [-0.3, -0.25) is 4.79 Å². The van der Waals surface area contributed by atoms with Crippen molar-refractivity contribution in [1.82, 2.24) is 4.98 Å². The number of para-hydroxylation sites is 1. The number of thiazole rings is 1. The fraction of sp³-hybridized carbons (Fsp3) is 0.333. The zero-order chi connectivity index (χ0) is 13.4. The van der Waals surface area contributed by atoms with Crippen molar-refractivity contribution in [2.45, 2.75) is 26.7 Å². The molecule has 0 bridgehead atoms. The maximum atomic E-state index is 12.4. The molecular weight excluding hydrogens is 256 g/mol. The molecule has 0 N–H and O–H groups in total. The number of benzene rings is 1. The first-order valence-corrected chi connectivity index (χ1v) is 7.28. The summed E-state index contributed by atoms with van der Waals surface area (Å²) < 4.78 is 0. The van der Waals surface area contributed by atoms with E-state index in [0.29, 0.717) is 6.42 Å². The number of aryl methyl sites for hydroxylation is 2. The Morgan fingerprint density at radius 1 is 1.37 bits per heavy atom. The van der Waals surface area contributed by atoms with Gasteiger partial charge in [0.2, 0.25) is 5.91 Å². The zero-order valence-corrected chi connectivity index (χ0v) is 12.0. The van der Waals surface area contributed by atoms with Crippen molar-refractivity contribution in [3.05, 3.63) is 45.4 Å². The summed E-state index contributed by atoms with van der Waals surface area (Å²) in [5, 5.41) is 1.03. The molecule has 0 radical (unpaired) electrons. The highest BCUT2D eigenvalue weighted by Crippen LogP contribution is 2.28. The number of amides is 1. The molecule has 0 fully saturated rings. The molecule has 0 atom stereocenters. The minimum atomic E-state index is 0.151. The molecule has 19 heavy (non-hydrogen) atoms. The molecule has 1 amide bonds. The van der Waals surface area contributed by atoms with E-state index in [0.717, 1.165) is 34.2 Å². The van der Waals surface area contributed by atoms with Crippen LogP contribution in [0, 0.1) is 13.8 Å². The predicted molar refractivity (Wildman–Crippen MR) is 77.8 cm³/mol. The van der Waals surface area contributed by atoms with Crippen LogP contribution in [0.5, 0.6) is 0 Å². The van der Waals surface area contributed by atoms with Gasteiger partial charge in [-0.25, -0.2) is 4.98 Å². The molecule has 98 valence electrons. The lowest BCUT2D eigenvalue weighted by Crippen LogP contribution is -2.30. The highest BCUT2D eigenvalue weighted by atomic mass is 32.1. The Morgan fingerprint density at radius 3 is 2.89 bits per heavy atom. The number of aromatic nitrogens is 1. The largest absolute Gasteiger partial charge is 0.311 e. The summed E-state index contributed by atoms with van der Waals surface area (Å²) in [6.45, 7) is 4.81. The van der Waals surface area contributed by atoms with E-state index >= 15 is 0 Å². The van der Waals surface area contributed by atoms with E-state index in [1.807, 2.05) is 36.9 Å². The van der Waals surface area contributed by atoms with E-state index < -0.39 is 0 Å². The standard InChI is InChI=1S/C15H16N2OS/c1-10-13(16-11(2)19-10)9-15(18)17-8-7-12-5-3-4-6-14(12)17/h3-6H,7-9H2,1-2H3. The summed E-state index contributed by atoms with van der Waals surface area (Å²) in [7, 11) is 0. The Kier molecular flexibility index (Phi) is 3.11. The number of carbonyl (C=O) groups is 1. The molecule has 1 aromatic heterocycles. The Hall–Kier alpha value is -1.68. The number of anilines is 1. The number of hydrogen-bond donors (Lipinski definition) is 0. The summed E-state index contributed by atoms with van der Waals surface area (Å²) in [5.41, 5.74) is 3.26. The van der Waals surface area contributed by atoms with Crippen LogP contribution in [-0.2, 0) is 17.6 Å². The van der Waals surface area contributed by atoms with Gasteiger partial charge in [-0.05, 0) is 31.9 Å². The van der Waals surface area contributed by atoms with Crippen LogP contribution in [0.3, 0.4) is 0 Å². The molecule has 3 rings (SSSR count). The maximum Gasteiger partial charge on any atom is 0.233 e. The van der Waals surface area contributed by atoms with Gasteiger partial charge in [0.25, 0.3) is 0 Å². The topological polar surface area (TPSA) is 33.2 Å². The smallest absolute Gasteiger partial charge is 0.233 e. The minimum Gasteiger partial charge on any atom is -0.311 e. The maximum absolute atomic E-state index is 12.4. The van der Waals surface area contributed by atoms with Crippen LogP contribution in [0.1, 0.15) is 21.1 Å². The van der Waals surface area contributed by atoms with Gasteiger partial charge in [-0.2, -0.15) is 0 Å². The van der Waals surface area contributed by atoms with Crippen LogP contribution >= 0.6 is 11.3 Å². The normalized spacial score (nSPS) is 13.7. The lowest BCUT2D eigenvalue weighted by Gasteiger charge is -2.16. The van der Waals surface area contributed by atoms with E-state index in [-0.39, 0.29) is 5.91 Å². The van der Waals surface area contributed by atoms with Crippen LogP contribution in [0.15, 0.2) is 24.3 Å². The molecule has 0 aliphatic carbocycles. The highest BCUT2D eigenvalue weighted by molar-refractivity contribution is 7.11. The van der Waals surface area contributed by atoms with Gasteiger partial charge in [0.1, 0.15) is 0 Å². The average Bonchev–Trinajstić information content (AvgIpc) is 2.93. The third-order valence-corrected chi connectivity index (χ3v) is 4.43. The monoisotopic (exact) mass is 272 g/mol. The molecule has 0 saturated heterocycles. The van der Waals surface area contributed by atoms with Crippen LogP contribution in [-0.4, -0.2) is 17.4 Å². The van der Waals surface area contributed by atoms with Crippen molar-refractivity contribution in [1.29, 1.82) is 0 Å². The molecule has 0 saturated carbocycles.